The summed E-state index contributed by atoms with van der Waals surface area (Å²) in [7, 11) is 0. The third-order valence-corrected chi connectivity index (χ3v) is 6.80. The van der Waals surface area contributed by atoms with Gasteiger partial charge in [-0.15, -0.1) is 0 Å². The second-order valence-corrected chi connectivity index (χ2v) is 8.95. The minimum absolute atomic E-state index is 0.244. The van der Waals surface area contributed by atoms with Crippen molar-refractivity contribution < 1.29 is 14.6 Å². The number of rotatable bonds is 4. The minimum atomic E-state index is -0.724. The van der Waals surface area contributed by atoms with Gasteiger partial charge < -0.3 is 30.7 Å². The van der Waals surface area contributed by atoms with Crippen LogP contribution in [0.4, 0.5) is 17.1 Å². The number of amides is 1. The van der Waals surface area contributed by atoms with Crippen molar-refractivity contribution in [3.8, 4) is 17.6 Å². The lowest BCUT2D eigenvalue weighted by Crippen LogP contribution is -2.44. The maximum Gasteiger partial charge on any atom is 0.267 e. The number of piperazine rings is 1. The topological polar surface area (TPSA) is 110 Å². The molecule has 5 rings (SSSR count). The number of aromatic hydroxyl groups is 1. The van der Waals surface area contributed by atoms with Crippen LogP contribution < -0.4 is 25.6 Å². The third kappa shape index (κ3) is 4.41. The number of nitriles is 1. The van der Waals surface area contributed by atoms with Gasteiger partial charge in [-0.3, -0.25) is 4.79 Å². The summed E-state index contributed by atoms with van der Waals surface area (Å²) in [6.45, 7) is 3.73. The molecule has 2 aromatic rings. The monoisotopic (exact) mass is 447 g/mol. The van der Waals surface area contributed by atoms with Crippen LogP contribution in [0.15, 0.2) is 30.3 Å². The van der Waals surface area contributed by atoms with E-state index in [2.05, 4.69) is 33.0 Å². The molecular weight excluding hydrogens is 418 g/mol. The number of nitrogens with zero attached hydrogens (tertiary/aromatic N) is 2. The number of ether oxygens (including phenoxy) is 1. The Kier molecular flexibility index (Phi) is 5.97. The molecule has 1 atom stereocenters. The zero-order valence-corrected chi connectivity index (χ0v) is 18.6. The first-order valence-electron chi connectivity index (χ1n) is 11.7. The molecule has 1 aliphatic carbocycles. The molecule has 0 bridgehead atoms. The molecule has 33 heavy (non-hydrogen) atoms. The standard InChI is InChI=1S/C25H29N5O3/c26-14-16-5-6-23-20(11-16)28-15-24(33-23)25(32)29-19-13-22(31)18(17-3-1-2-4-17)12-21(19)30-9-7-27-8-10-30/h5-6,11-13,17,24,27-28,31H,1-4,7-10,15H2,(H,29,32). The summed E-state index contributed by atoms with van der Waals surface area (Å²) >= 11 is 0. The van der Waals surface area contributed by atoms with Crippen LogP contribution in [-0.4, -0.2) is 49.8 Å². The lowest BCUT2D eigenvalue weighted by atomic mass is 9.95. The van der Waals surface area contributed by atoms with Crippen molar-refractivity contribution >= 4 is 23.0 Å². The molecule has 1 saturated heterocycles. The summed E-state index contributed by atoms with van der Waals surface area (Å²) in [5, 5.41) is 29.5. The van der Waals surface area contributed by atoms with Crippen molar-refractivity contribution in [1.82, 2.24) is 5.32 Å². The van der Waals surface area contributed by atoms with E-state index in [4.69, 9.17) is 10.00 Å². The first-order valence-corrected chi connectivity index (χ1v) is 11.7. The average Bonchev–Trinajstić information content (AvgIpc) is 3.38. The van der Waals surface area contributed by atoms with Gasteiger partial charge in [0.05, 0.1) is 35.2 Å². The largest absolute Gasteiger partial charge is 0.508 e. The van der Waals surface area contributed by atoms with Crippen LogP contribution in [0.2, 0.25) is 0 Å². The lowest BCUT2D eigenvalue weighted by molar-refractivity contribution is -0.122. The maximum atomic E-state index is 13.1. The van der Waals surface area contributed by atoms with E-state index in [1.54, 1.807) is 24.3 Å². The van der Waals surface area contributed by atoms with Crippen molar-refractivity contribution in [3.63, 3.8) is 0 Å². The lowest BCUT2D eigenvalue weighted by Gasteiger charge is -2.33. The van der Waals surface area contributed by atoms with Crippen LogP contribution in [0.1, 0.15) is 42.7 Å². The van der Waals surface area contributed by atoms with Gasteiger partial charge in [0.15, 0.2) is 6.10 Å². The number of nitrogens with one attached hydrogen (secondary N) is 3. The van der Waals surface area contributed by atoms with E-state index in [-0.39, 0.29) is 11.7 Å². The summed E-state index contributed by atoms with van der Waals surface area (Å²) in [5.74, 6) is 0.884. The van der Waals surface area contributed by atoms with Gasteiger partial charge in [-0.1, -0.05) is 12.8 Å². The third-order valence-electron chi connectivity index (χ3n) is 6.80. The number of carbonyl (C=O) groups is 1. The van der Waals surface area contributed by atoms with Crippen LogP contribution in [0, 0.1) is 11.3 Å². The Balaban J connectivity index is 1.39. The Labute approximate surface area is 193 Å². The van der Waals surface area contributed by atoms with Gasteiger partial charge in [-0.2, -0.15) is 5.26 Å². The fraction of sp³-hybridized carbons (Fsp3) is 0.440. The predicted octanol–water partition coefficient (Wildman–Crippen LogP) is 3.14. The number of anilines is 3. The summed E-state index contributed by atoms with van der Waals surface area (Å²) in [6.07, 6.45) is 3.84. The molecule has 8 heteroatoms. The number of benzene rings is 2. The molecule has 1 saturated carbocycles. The van der Waals surface area contributed by atoms with Crippen molar-refractivity contribution in [1.29, 1.82) is 5.26 Å². The summed E-state index contributed by atoms with van der Waals surface area (Å²) < 4.78 is 5.92. The highest BCUT2D eigenvalue weighted by Gasteiger charge is 2.29. The first kappa shape index (κ1) is 21.4. The SMILES string of the molecule is N#Cc1ccc2c(c1)NCC(C(=O)Nc1cc(O)c(C3CCCC3)cc1N1CCNCC1)O2. The second kappa shape index (κ2) is 9.20. The normalized spacial score (nSPS) is 20.3. The van der Waals surface area contributed by atoms with Gasteiger partial charge in [0.1, 0.15) is 11.5 Å². The minimum Gasteiger partial charge on any atom is -0.508 e. The zero-order chi connectivity index (χ0) is 22.8. The number of phenols is 1. The van der Waals surface area contributed by atoms with Gasteiger partial charge in [0.2, 0.25) is 0 Å². The highest BCUT2D eigenvalue weighted by molar-refractivity contribution is 5.98. The van der Waals surface area contributed by atoms with Gasteiger partial charge in [-0.25, -0.2) is 0 Å². The summed E-state index contributed by atoms with van der Waals surface area (Å²) in [6, 6.07) is 11.0. The van der Waals surface area contributed by atoms with Crippen LogP contribution in [0.25, 0.3) is 0 Å². The van der Waals surface area contributed by atoms with Crippen LogP contribution in [-0.2, 0) is 4.79 Å². The van der Waals surface area contributed by atoms with Gasteiger partial charge in [-0.05, 0) is 48.6 Å². The van der Waals surface area contributed by atoms with Gasteiger partial charge in [0, 0.05) is 32.2 Å². The molecule has 3 aliphatic rings. The molecule has 2 heterocycles. The molecule has 0 radical (unpaired) electrons. The molecule has 1 unspecified atom stereocenters. The number of phenolic OH excluding ortho intramolecular Hbond substituents is 1. The van der Waals surface area contributed by atoms with Gasteiger partial charge >= 0.3 is 0 Å². The van der Waals surface area contributed by atoms with E-state index in [0.29, 0.717) is 35.2 Å². The maximum absolute atomic E-state index is 13.1. The molecule has 4 N–H and O–H groups in total. The molecule has 172 valence electrons. The van der Waals surface area contributed by atoms with E-state index < -0.39 is 6.10 Å². The van der Waals surface area contributed by atoms with Crippen molar-refractivity contribution in [2.45, 2.75) is 37.7 Å². The summed E-state index contributed by atoms with van der Waals surface area (Å²) in [5.41, 5.74) is 3.78. The van der Waals surface area contributed by atoms with E-state index in [0.717, 1.165) is 50.3 Å². The van der Waals surface area contributed by atoms with Crippen LogP contribution in [0.5, 0.6) is 11.5 Å². The fourth-order valence-corrected chi connectivity index (χ4v) is 5.02. The van der Waals surface area contributed by atoms with E-state index in [1.807, 2.05) is 0 Å². The molecule has 8 nitrogen and oxygen atoms in total. The molecule has 1 amide bonds. The Morgan fingerprint density at radius 3 is 2.73 bits per heavy atom. The van der Waals surface area contributed by atoms with Crippen LogP contribution in [0.3, 0.4) is 0 Å². The first-order chi connectivity index (χ1) is 16.1. The Bertz CT molecular complexity index is 1080. The quantitative estimate of drug-likeness (QED) is 0.570. The van der Waals surface area contributed by atoms with E-state index in [9.17, 15) is 9.90 Å². The number of hydrogen-bond acceptors (Lipinski definition) is 7. The molecule has 0 aromatic heterocycles. The summed E-state index contributed by atoms with van der Waals surface area (Å²) in [4.78, 5) is 15.4. The van der Waals surface area contributed by atoms with E-state index >= 15 is 0 Å². The average molecular weight is 448 g/mol. The highest BCUT2D eigenvalue weighted by Crippen LogP contribution is 2.43. The predicted molar refractivity (Wildman–Crippen MR) is 127 cm³/mol. The van der Waals surface area contributed by atoms with Crippen molar-refractivity contribution in [2.24, 2.45) is 0 Å². The Morgan fingerprint density at radius 2 is 1.97 bits per heavy atom. The number of carbonyl (C=O) groups excluding carboxylic acids is 1. The van der Waals surface area contributed by atoms with Crippen LogP contribution >= 0.6 is 0 Å². The van der Waals surface area contributed by atoms with E-state index in [1.165, 1.54) is 12.8 Å². The molecule has 0 spiro atoms. The zero-order valence-electron chi connectivity index (χ0n) is 18.6. The fourth-order valence-electron chi connectivity index (χ4n) is 5.02. The van der Waals surface area contributed by atoms with Crippen molar-refractivity contribution in [2.75, 3.05) is 48.3 Å². The number of hydrogen-bond donors (Lipinski definition) is 4. The number of fused-ring (bicyclic) bond motifs is 1. The smallest absolute Gasteiger partial charge is 0.267 e. The molecule has 2 fully saturated rings. The Morgan fingerprint density at radius 1 is 1.18 bits per heavy atom. The van der Waals surface area contributed by atoms with Gasteiger partial charge in [0.25, 0.3) is 5.91 Å². The molecule has 2 aromatic carbocycles. The van der Waals surface area contributed by atoms with Crippen molar-refractivity contribution in [3.05, 3.63) is 41.5 Å². The molecular formula is C25H29N5O3. The molecule has 2 aliphatic heterocycles. The Hall–Kier alpha value is -3.44. The second-order valence-electron chi connectivity index (χ2n) is 8.95. The highest BCUT2D eigenvalue weighted by atomic mass is 16.5.